The van der Waals surface area contributed by atoms with Crippen LogP contribution < -0.4 is 5.32 Å². The molecule has 0 saturated carbocycles. The molecule has 1 aromatic rings. The first-order valence-electron chi connectivity index (χ1n) is 5.77. The predicted octanol–water partition coefficient (Wildman–Crippen LogP) is 1.66. The Bertz CT molecular complexity index is 322. The summed E-state index contributed by atoms with van der Waals surface area (Å²) in [6, 6.07) is 0.341. The molecule has 16 heavy (non-hydrogen) atoms. The third kappa shape index (κ3) is 3.32. The van der Waals surface area contributed by atoms with Gasteiger partial charge >= 0.3 is 0 Å². The number of ether oxygens (including phenoxy) is 1. The summed E-state index contributed by atoms with van der Waals surface area (Å²) in [5, 5.41) is 7.76. The molecule has 0 radical (unpaired) electrons. The third-order valence-corrected chi connectivity index (χ3v) is 2.96. The van der Waals surface area contributed by atoms with Gasteiger partial charge in [-0.05, 0) is 19.8 Å². The fourth-order valence-electron chi connectivity index (χ4n) is 1.77. The van der Waals surface area contributed by atoms with Crippen LogP contribution in [-0.4, -0.2) is 30.0 Å². The monoisotopic (exact) mass is 225 g/mol. The maximum absolute atomic E-state index is 5.11. The lowest BCUT2D eigenvalue weighted by atomic mass is 10.1. The molecule has 0 amide bonds. The van der Waals surface area contributed by atoms with Crippen molar-refractivity contribution in [3.63, 3.8) is 0 Å². The minimum atomic E-state index is 0.341. The van der Waals surface area contributed by atoms with Crippen molar-refractivity contribution in [3.8, 4) is 0 Å². The molecule has 0 aliphatic carbocycles. The van der Waals surface area contributed by atoms with Gasteiger partial charge in [0, 0.05) is 44.6 Å². The highest BCUT2D eigenvalue weighted by molar-refractivity contribution is 5.19. The minimum Gasteiger partial charge on any atom is -0.384 e. The topological polar surface area (TPSA) is 39.1 Å². The van der Waals surface area contributed by atoms with Crippen molar-refractivity contribution in [1.82, 2.24) is 15.1 Å². The van der Waals surface area contributed by atoms with E-state index in [9.17, 15) is 0 Å². The van der Waals surface area contributed by atoms with Crippen molar-refractivity contribution in [3.05, 3.63) is 17.5 Å². The van der Waals surface area contributed by atoms with E-state index < -0.39 is 0 Å². The van der Waals surface area contributed by atoms with Gasteiger partial charge in [0.25, 0.3) is 0 Å². The van der Waals surface area contributed by atoms with Crippen LogP contribution in [0, 0.1) is 12.8 Å². The number of hydrogen-bond donors (Lipinski definition) is 1. The van der Waals surface area contributed by atoms with Crippen LogP contribution in [0.3, 0.4) is 0 Å². The largest absolute Gasteiger partial charge is 0.384 e. The van der Waals surface area contributed by atoms with Crippen molar-refractivity contribution in [2.45, 2.75) is 26.8 Å². The van der Waals surface area contributed by atoms with E-state index in [1.807, 2.05) is 17.9 Å². The predicted molar refractivity (Wildman–Crippen MR) is 65.4 cm³/mol. The minimum absolute atomic E-state index is 0.341. The van der Waals surface area contributed by atoms with Crippen molar-refractivity contribution < 1.29 is 4.74 Å². The van der Waals surface area contributed by atoms with Crippen molar-refractivity contribution in [2.24, 2.45) is 13.0 Å². The number of nitrogens with zero attached hydrogens (tertiary/aromatic N) is 2. The van der Waals surface area contributed by atoms with E-state index in [0.717, 1.165) is 13.2 Å². The average Bonchev–Trinajstić information content (AvgIpc) is 2.57. The fourth-order valence-corrected chi connectivity index (χ4v) is 1.77. The molecular formula is C12H23N3O. The zero-order valence-corrected chi connectivity index (χ0v) is 10.9. The van der Waals surface area contributed by atoms with E-state index in [0.29, 0.717) is 12.0 Å². The molecule has 0 fully saturated rings. The SMILES string of the molecule is COCC(C)CNC(C)c1cnn(C)c1C. The van der Waals surface area contributed by atoms with Crippen LogP contribution in [-0.2, 0) is 11.8 Å². The number of nitrogens with one attached hydrogen (secondary N) is 1. The lowest BCUT2D eigenvalue weighted by Crippen LogP contribution is -2.26. The molecule has 0 aromatic carbocycles. The summed E-state index contributed by atoms with van der Waals surface area (Å²) in [6.07, 6.45) is 1.94. The molecule has 0 aliphatic heterocycles. The second-order valence-electron chi connectivity index (χ2n) is 4.50. The number of hydrogen-bond acceptors (Lipinski definition) is 3. The summed E-state index contributed by atoms with van der Waals surface area (Å²) < 4.78 is 7.02. The van der Waals surface area contributed by atoms with Gasteiger partial charge in [-0.15, -0.1) is 0 Å². The van der Waals surface area contributed by atoms with Gasteiger partial charge in [-0.25, -0.2) is 0 Å². The summed E-state index contributed by atoms with van der Waals surface area (Å²) >= 11 is 0. The zero-order chi connectivity index (χ0) is 12.1. The van der Waals surface area contributed by atoms with E-state index in [-0.39, 0.29) is 0 Å². The molecule has 92 valence electrons. The highest BCUT2D eigenvalue weighted by Crippen LogP contribution is 2.15. The molecule has 1 N–H and O–H groups in total. The summed E-state index contributed by atoms with van der Waals surface area (Å²) in [5.41, 5.74) is 2.49. The maximum atomic E-state index is 5.11. The molecule has 2 atom stereocenters. The fraction of sp³-hybridized carbons (Fsp3) is 0.750. The Morgan fingerprint density at radius 2 is 2.19 bits per heavy atom. The van der Waals surface area contributed by atoms with Gasteiger partial charge in [-0.3, -0.25) is 4.68 Å². The van der Waals surface area contributed by atoms with Crippen LogP contribution in [0.2, 0.25) is 0 Å². The molecule has 0 saturated heterocycles. The number of methoxy groups -OCH3 is 1. The summed E-state index contributed by atoms with van der Waals surface area (Å²) in [5.74, 6) is 0.532. The summed E-state index contributed by atoms with van der Waals surface area (Å²) in [4.78, 5) is 0. The Balaban J connectivity index is 2.46. The Labute approximate surface area is 98.0 Å². The van der Waals surface area contributed by atoms with E-state index in [1.165, 1.54) is 11.3 Å². The Morgan fingerprint density at radius 3 is 2.69 bits per heavy atom. The first kappa shape index (κ1) is 13.2. The van der Waals surface area contributed by atoms with Crippen LogP contribution in [0.15, 0.2) is 6.20 Å². The lowest BCUT2D eigenvalue weighted by molar-refractivity contribution is 0.157. The number of rotatable bonds is 6. The normalized spacial score (nSPS) is 15.1. The van der Waals surface area contributed by atoms with E-state index in [4.69, 9.17) is 4.74 Å². The van der Waals surface area contributed by atoms with E-state index >= 15 is 0 Å². The summed E-state index contributed by atoms with van der Waals surface area (Å²) in [6.45, 7) is 8.21. The average molecular weight is 225 g/mol. The maximum Gasteiger partial charge on any atom is 0.0540 e. The second kappa shape index (κ2) is 6.01. The van der Waals surface area contributed by atoms with Gasteiger partial charge in [0.2, 0.25) is 0 Å². The quantitative estimate of drug-likeness (QED) is 0.800. The van der Waals surface area contributed by atoms with Crippen LogP contribution in [0.5, 0.6) is 0 Å². The van der Waals surface area contributed by atoms with Crippen LogP contribution >= 0.6 is 0 Å². The lowest BCUT2D eigenvalue weighted by Gasteiger charge is -2.17. The summed E-state index contributed by atoms with van der Waals surface area (Å²) in [7, 11) is 3.71. The molecule has 1 aromatic heterocycles. The second-order valence-corrected chi connectivity index (χ2v) is 4.50. The van der Waals surface area contributed by atoms with Crippen molar-refractivity contribution >= 4 is 0 Å². The van der Waals surface area contributed by atoms with Gasteiger partial charge in [0.15, 0.2) is 0 Å². The molecule has 0 bridgehead atoms. The van der Waals surface area contributed by atoms with E-state index in [1.54, 1.807) is 7.11 Å². The smallest absolute Gasteiger partial charge is 0.0540 e. The van der Waals surface area contributed by atoms with Gasteiger partial charge in [-0.1, -0.05) is 6.92 Å². The van der Waals surface area contributed by atoms with Crippen LogP contribution in [0.4, 0.5) is 0 Å². The van der Waals surface area contributed by atoms with Gasteiger partial charge in [0.1, 0.15) is 0 Å². The molecule has 1 heterocycles. The van der Waals surface area contributed by atoms with E-state index in [2.05, 4.69) is 31.2 Å². The first-order valence-corrected chi connectivity index (χ1v) is 5.77. The molecule has 4 nitrogen and oxygen atoms in total. The molecule has 0 aliphatic rings. The standard InChI is InChI=1S/C12H23N3O/c1-9(8-16-5)6-13-10(2)12-7-14-15(4)11(12)3/h7,9-10,13H,6,8H2,1-5H3. The Morgan fingerprint density at radius 1 is 1.50 bits per heavy atom. The van der Waals surface area contributed by atoms with Crippen molar-refractivity contribution in [2.75, 3.05) is 20.3 Å². The highest BCUT2D eigenvalue weighted by Gasteiger charge is 2.12. The Kier molecular flexibility index (Phi) is 4.96. The van der Waals surface area contributed by atoms with Gasteiger partial charge in [0.05, 0.1) is 6.20 Å². The molecule has 1 rings (SSSR count). The molecule has 2 unspecified atom stereocenters. The van der Waals surface area contributed by atoms with Crippen molar-refractivity contribution in [1.29, 1.82) is 0 Å². The van der Waals surface area contributed by atoms with Crippen LogP contribution in [0.1, 0.15) is 31.1 Å². The molecule has 4 heteroatoms. The number of aromatic nitrogens is 2. The Hall–Kier alpha value is -0.870. The first-order chi connectivity index (χ1) is 7.56. The van der Waals surface area contributed by atoms with Gasteiger partial charge < -0.3 is 10.1 Å². The third-order valence-electron chi connectivity index (χ3n) is 2.96. The van der Waals surface area contributed by atoms with Crippen LogP contribution in [0.25, 0.3) is 0 Å². The zero-order valence-electron chi connectivity index (χ0n) is 10.9. The molecular weight excluding hydrogens is 202 g/mol. The molecule has 0 spiro atoms. The highest BCUT2D eigenvalue weighted by atomic mass is 16.5. The number of aryl methyl sites for hydroxylation is 1. The van der Waals surface area contributed by atoms with Gasteiger partial charge in [-0.2, -0.15) is 5.10 Å².